The van der Waals surface area contributed by atoms with Crippen LogP contribution in [0.3, 0.4) is 0 Å². The molecule has 1 fully saturated rings. The van der Waals surface area contributed by atoms with Gasteiger partial charge in [0.1, 0.15) is 0 Å². The van der Waals surface area contributed by atoms with Crippen molar-refractivity contribution < 1.29 is 32.3 Å². The summed E-state index contributed by atoms with van der Waals surface area (Å²) in [7, 11) is 2.13. The van der Waals surface area contributed by atoms with Crippen molar-refractivity contribution in [1.82, 2.24) is 0 Å². The maximum absolute atomic E-state index is 11.1. The van der Waals surface area contributed by atoms with E-state index < -0.39 is 8.80 Å². The van der Waals surface area contributed by atoms with Crippen LogP contribution < -0.4 is 0 Å². The second kappa shape index (κ2) is 12.8. The summed E-state index contributed by atoms with van der Waals surface area (Å²) in [5.41, 5.74) is 0.884. The monoisotopic (exact) mass is 388 g/mol. The number of hydrogen-bond acceptors (Lipinski definition) is 7. The highest BCUT2D eigenvalue weighted by Crippen LogP contribution is 2.28. The molecule has 0 aliphatic heterocycles. The number of esters is 2. The predicted molar refractivity (Wildman–Crippen MR) is 100 cm³/mol. The van der Waals surface area contributed by atoms with Crippen LogP contribution in [-0.4, -0.2) is 55.3 Å². The van der Waals surface area contributed by atoms with Gasteiger partial charge in [-0.2, -0.15) is 0 Å². The Bertz CT molecular complexity index is 474. The average molecular weight is 389 g/mol. The molecule has 8 heteroatoms. The molecule has 0 atom stereocenters. The first-order valence-corrected chi connectivity index (χ1v) is 10.4. The van der Waals surface area contributed by atoms with Crippen molar-refractivity contribution in [1.29, 1.82) is 0 Å². The van der Waals surface area contributed by atoms with Crippen molar-refractivity contribution in [3.05, 3.63) is 24.3 Å². The van der Waals surface area contributed by atoms with Gasteiger partial charge in [0.2, 0.25) is 0 Å². The van der Waals surface area contributed by atoms with Gasteiger partial charge in [-0.1, -0.05) is 13.2 Å². The van der Waals surface area contributed by atoms with Gasteiger partial charge in [-0.3, -0.25) is 0 Å². The van der Waals surface area contributed by atoms with Gasteiger partial charge in [-0.25, -0.2) is 9.59 Å². The molecule has 0 N–H and O–H groups in total. The molecule has 0 unspecified atom stereocenters. The first kappa shape index (κ1) is 24.5. The van der Waals surface area contributed by atoms with Crippen LogP contribution in [0.25, 0.3) is 0 Å². The van der Waals surface area contributed by atoms with Gasteiger partial charge in [0.25, 0.3) is 0 Å². The molecule has 0 saturated heterocycles. The van der Waals surface area contributed by atoms with E-state index in [9.17, 15) is 9.59 Å². The fourth-order valence-electron chi connectivity index (χ4n) is 1.73. The molecule has 26 heavy (non-hydrogen) atoms. The molecule has 7 nitrogen and oxygen atoms in total. The zero-order valence-corrected chi connectivity index (χ0v) is 17.6. The molecule has 150 valence electrons. The molecule has 0 spiro atoms. The predicted octanol–water partition coefficient (Wildman–Crippen LogP) is 2.89. The summed E-state index contributed by atoms with van der Waals surface area (Å²) in [6.45, 7) is 11.1. The summed E-state index contributed by atoms with van der Waals surface area (Å²) >= 11 is 0. The fraction of sp³-hybridized carbons (Fsp3) is 0.667. The Morgan fingerprint density at radius 1 is 0.923 bits per heavy atom. The minimum atomic E-state index is -2.53. The number of rotatable bonds is 11. The van der Waals surface area contributed by atoms with Crippen molar-refractivity contribution in [3.63, 3.8) is 0 Å². The van der Waals surface area contributed by atoms with E-state index in [0.29, 0.717) is 42.7 Å². The van der Waals surface area contributed by atoms with Crippen LogP contribution in [0, 0.1) is 5.92 Å². The molecular weight excluding hydrogens is 356 g/mol. The molecule has 0 radical (unpaired) electrons. The average Bonchev–Trinajstić information content (AvgIpc) is 3.45. The summed E-state index contributed by atoms with van der Waals surface area (Å²) < 4.78 is 25.5. The zero-order chi connectivity index (χ0) is 20.2. The number of carbonyl (C=O) groups is 2. The van der Waals surface area contributed by atoms with E-state index in [-0.39, 0.29) is 11.9 Å². The number of ether oxygens (including phenoxy) is 2. The summed E-state index contributed by atoms with van der Waals surface area (Å²) in [6.07, 6.45) is 3.06. The quantitative estimate of drug-likeness (QED) is 0.233. The topological polar surface area (TPSA) is 80.3 Å². The highest BCUT2D eigenvalue weighted by Gasteiger charge is 2.37. The van der Waals surface area contributed by atoms with Crippen LogP contribution in [0.15, 0.2) is 24.3 Å². The van der Waals surface area contributed by atoms with E-state index in [1.54, 1.807) is 35.2 Å². The Labute approximate surface area is 157 Å². The van der Waals surface area contributed by atoms with Crippen molar-refractivity contribution in [2.75, 3.05) is 34.5 Å². The smallest absolute Gasteiger partial charge is 0.462 e. The van der Waals surface area contributed by atoms with E-state index in [1.165, 1.54) is 12.8 Å². The van der Waals surface area contributed by atoms with Gasteiger partial charge < -0.3 is 22.8 Å². The summed E-state index contributed by atoms with van der Waals surface area (Å²) in [5.74, 6) is 0.00900. The Hall–Kier alpha value is -1.48. The Balaban J connectivity index is 0.000000531. The van der Waals surface area contributed by atoms with Crippen molar-refractivity contribution >= 4 is 20.7 Å². The lowest BCUT2D eigenvalue weighted by atomic mass is 10.3. The highest BCUT2D eigenvalue weighted by atomic mass is 28.4. The minimum absolute atomic E-state index is 0.257. The van der Waals surface area contributed by atoms with Crippen molar-refractivity contribution in [2.45, 2.75) is 39.2 Å². The lowest BCUT2D eigenvalue weighted by Crippen LogP contribution is -2.42. The standard InChI is InChI=1S/C10H20O5Si.C8H12O2/c1-9(2)10(11)15-7-6-8-16(12-3,13-4)14-5;1-6(2)8(9)10-5-7-3-4-7/h1,6-8H2,2-5H3;7H,1,3-5H2,2H3. The van der Waals surface area contributed by atoms with Gasteiger partial charge in [-0.05, 0) is 39.0 Å². The fourth-order valence-corrected chi connectivity index (χ4v) is 3.42. The summed E-state index contributed by atoms with van der Waals surface area (Å²) in [6, 6.07) is 0.611. The molecule has 1 aliphatic carbocycles. The SMILES string of the molecule is C=C(C)C(=O)OCC1CC1.C=C(C)C(=O)OCCC[Si](OC)(OC)OC. The Kier molecular flexibility index (Phi) is 12.1. The second-order valence-corrected chi connectivity index (χ2v) is 9.23. The van der Waals surface area contributed by atoms with E-state index in [0.717, 1.165) is 0 Å². The van der Waals surface area contributed by atoms with Gasteiger partial charge in [-0.15, -0.1) is 0 Å². The number of hydrogen-bond donors (Lipinski definition) is 0. The van der Waals surface area contributed by atoms with Crippen LogP contribution in [0.1, 0.15) is 33.1 Å². The van der Waals surface area contributed by atoms with Crippen LogP contribution in [0.5, 0.6) is 0 Å². The third-order valence-electron chi connectivity index (χ3n) is 3.64. The third kappa shape index (κ3) is 10.5. The van der Waals surface area contributed by atoms with Gasteiger partial charge in [0, 0.05) is 38.5 Å². The van der Waals surface area contributed by atoms with Crippen LogP contribution in [-0.2, 0) is 32.3 Å². The first-order valence-electron chi connectivity index (χ1n) is 8.52. The van der Waals surface area contributed by atoms with E-state index in [4.69, 9.17) is 22.8 Å². The minimum Gasteiger partial charge on any atom is -0.462 e. The van der Waals surface area contributed by atoms with Gasteiger partial charge in [0.05, 0.1) is 13.2 Å². The molecule has 0 aromatic rings. The highest BCUT2D eigenvalue weighted by molar-refractivity contribution is 6.60. The first-order chi connectivity index (χ1) is 12.2. The normalized spacial score (nSPS) is 13.3. The molecule has 0 aromatic carbocycles. The molecule has 0 amide bonds. The molecule has 1 rings (SSSR count). The van der Waals surface area contributed by atoms with Crippen LogP contribution in [0.4, 0.5) is 0 Å². The van der Waals surface area contributed by atoms with E-state index >= 15 is 0 Å². The third-order valence-corrected chi connectivity index (χ3v) is 6.47. The van der Waals surface area contributed by atoms with E-state index in [2.05, 4.69) is 13.2 Å². The second-order valence-electron chi connectivity index (χ2n) is 6.14. The molecule has 0 bridgehead atoms. The lowest BCUT2D eigenvalue weighted by Gasteiger charge is -2.24. The zero-order valence-electron chi connectivity index (χ0n) is 16.6. The van der Waals surface area contributed by atoms with E-state index in [1.807, 2.05) is 0 Å². The summed E-state index contributed by atoms with van der Waals surface area (Å²) in [4.78, 5) is 21.8. The van der Waals surface area contributed by atoms with Crippen molar-refractivity contribution in [2.24, 2.45) is 5.92 Å². The molecule has 1 aliphatic rings. The maximum atomic E-state index is 11.1. The Morgan fingerprint density at radius 3 is 1.77 bits per heavy atom. The van der Waals surface area contributed by atoms with Gasteiger partial charge >= 0.3 is 20.7 Å². The maximum Gasteiger partial charge on any atom is 0.500 e. The molecule has 0 aromatic heterocycles. The largest absolute Gasteiger partial charge is 0.500 e. The summed E-state index contributed by atoms with van der Waals surface area (Å²) in [5, 5.41) is 0. The van der Waals surface area contributed by atoms with Crippen LogP contribution in [0.2, 0.25) is 6.04 Å². The lowest BCUT2D eigenvalue weighted by molar-refractivity contribution is -0.140. The molecule has 0 heterocycles. The molecule has 1 saturated carbocycles. The number of carbonyl (C=O) groups excluding carboxylic acids is 2. The Morgan fingerprint density at radius 2 is 1.38 bits per heavy atom. The van der Waals surface area contributed by atoms with Crippen LogP contribution >= 0.6 is 0 Å². The molecular formula is C18H32O7Si. The van der Waals surface area contributed by atoms with Gasteiger partial charge in [0.15, 0.2) is 0 Å². The van der Waals surface area contributed by atoms with Crippen molar-refractivity contribution in [3.8, 4) is 0 Å².